The number of nitrogens with one attached hydrogen (secondary N) is 1. The van der Waals surface area contributed by atoms with E-state index in [1.807, 2.05) is 0 Å². The lowest BCUT2D eigenvalue weighted by Crippen LogP contribution is -2.45. The van der Waals surface area contributed by atoms with Crippen molar-refractivity contribution in [2.75, 3.05) is 32.1 Å². The summed E-state index contributed by atoms with van der Waals surface area (Å²) >= 11 is 0. The smallest absolute Gasteiger partial charge is 0.321 e. The molecule has 1 saturated heterocycles. The van der Waals surface area contributed by atoms with Crippen LogP contribution >= 0.6 is 0 Å². The molecular formula is C21H29FN4O4. The van der Waals surface area contributed by atoms with E-state index in [0.29, 0.717) is 49.4 Å². The molecule has 3 rings (SSSR count). The van der Waals surface area contributed by atoms with Gasteiger partial charge in [-0.3, -0.25) is 0 Å². The topological polar surface area (TPSA) is 89.7 Å². The molecule has 2 aromatic rings. The minimum Gasteiger partial charge on any atom is -0.494 e. The van der Waals surface area contributed by atoms with E-state index >= 15 is 0 Å². The molecule has 2 heterocycles. The number of ether oxygens (including phenoxy) is 2. The highest BCUT2D eigenvalue weighted by Gasteiger charge is 2.24. The minimum absolute atomic E-state index is 0.0564. The minimum atomic E-state index is -0.520. The standard InChI is InChI=1S/C21H29FN4O4/c1-14(2)11-20-24-19(25-30-20)8-10-29-16-5-4-9-26(13-16)21(27)23-15-6-7-18(28-3)17(22)12-15/h6-7,12,14,16H,4-5,8-11,13H2,1-3H3,(H,23,27). The Morgan fingerprint density at radius 2 is 2.27 bits per heavy atom. The number of aromatic nitrogens is 2. The third kappa shape index (κ3) is 6.16. The van der Waals surface area contributed by atoms with Gasteiger partial charge >= 0.3 is 6.03 Å². The molecule has 0 aliphatic carbocycles. The van der Waals surface area contributed by atoms with Crippen molar-refractivity contribution in [1.29, 1.82) is 0 Å². The summed E-state index contributed by atoms with van der Waals surface area (Å²) in [7, 11) is 1.40. The first-order valence-electron chi connectivity index (χ1n) is 10.3. The normalized spacial score (nSPS) is 16.7. The summed E-state index contributed by atoms with van der Waals surface area (Å²) < 4.78 is 29.9. The summed E-state index contributed by atoms with van der Waals surface area (Å²) in [4.78, 5) is 18.6. The molecule has 1 unspecified atom stereocenters. The van der Waals surface area contributed by atoms with Crippen molar-refractivity contribution >= 4 is 11.7 Å². The lowest BCUT2D eigenvalue weighted by Gasteiger charge is -2.32. The SMILES string of the molecule is COc1ccc(NC(=O)N2CCCC(OCCc3noc(CC(C)C)n3)C2)cc1F. The molecule has 0 spiro atoms. The Kier molecular flexibility index (Phi) is 7.62. The zero-order valence-electron chi connectivity index (χ0n) is 17.7. The van der Waals surface area contributed by atoms with Gasteiger partial charge in [-0.1, -0.05) is 19.0 Å². The molecule has 1 fully saturated rings. The van der Waals surface area contributed by atoms with Gasteiger partial charge in [0.15, 0.2) is 17.4 Å². The maximum Gasteiger partial charge on any atom is 0.321 e. The van der Waals surface area contributed by atoms with Crippen molar-refractivity contribution < 1.29 is 23.2 Å². The van der Waals surface area contributed by atoms with Crippen LogP contribution in [-0.4, -0.2) is 54.0 Å². The second-order valence-corrected chi connectivity index (χ2v) is 7.81. The van der Waals surface area contributed by atoms with E-state index in [1.165, 1.54) is 19.2 Å². The summed E-state index contributed by atoms with van der Waals surface area (Å²) in [5, 5.41) is 6.71. The second-order valence-electron chi connectivity index (χ2n) is 7.81. The van der Waals surface area contributed by atoms with Crippen molar-refractivity contribution in [1.82, 2.24) is 15.0 Å². The van der Waals surface area contributed by atoms with Gasteiger partial charge in [-0.15, -0.1) is 0 Å². The van der Waals surface area contributed by atoms with Gasteiger partial charge in [-0.2, -0.15) is 4.98 Å². The number of methoxy groups -OCH3 is 1. The summed E-state index contributed by atoms with van der Waals surface area (Å²) in [6.45, 7) is 5.78. The first-order valence-corrected chi connectivity index (χ1v) is 10.3. The number of hydrogen-bond acceptors (Lipinski definition) is 6. The van der Waals surface area contributed by atoms with E-state index in [1.54, 1.807) is 11.0 Å². The number of carbonyl (C=O) groups excluding carboxylic acids is 1. The Hall–Kier alpha value is -2.68. The van der Waals surface area contributed by atoms with Crippen LogP contribution in [0.15, 0.2) is 22.7 Å². The second kappa shape index (κ2) is 10.4. The molecule has 0 bridgehead atoms. The number of hydrogen-bond donors (Lipinski definition) is 1. The molecule has 1 N–H and O–H groups in total. The maximum atomic E-state index is 13.8. The number of nitrogens with zero attached hydrogens (tertiary/aromatic N) is 3. The van der Waals surface area contributed by atoms with Crippen LogP contribution in [-0.2, 0) is 17.6 Å². The summed E-state index contributed by atoms with van der Waals surface area (Å²) in [5.41, 5.74) is 0.385. The number of carbonyl (C=O) groups is 1. The van der Waals surface area contributed by atoms with Crippen LogP contribution in [0.5, 0.6) is 5.75 Å². The van der Waals surface area contributed by atoms with Gasteiger partial charge in [0, 0.05) is 37.7 Å². The van der Waals surface area contributed by atoms with Crippen LogP contribution in [0.2, 0.25) is 0 Å². The fraction of sp³-hybridized carbons (Fsp3) is 0.571. The monoisotopic (exact) mass is 420 g/mol. The molecular weight excluding hydrogens is 391 g/mol. The number of benzene rings is 1. The zero-order chi connectivity index (χ0) is 21.5. The first kappa shape index (κ1) is 22.0. The van der Waals surface area contributed by atoms with Gasteiger partial charge in [0.1, 0.15) is 0 Å². The van der Waals surface area contributed by atoms with Crippen molar-refractivity contribution in [3.05, 3.63) is 35.7 Å². The number of urea groups is 1. The number of likely N-dealkylation sites (tertiary alicyclic amines) is 1. The molecule has 164 valence electrons. The number of piperidine rings is 1. The molecule has 0 radical (unpaired) electrons. The zero-order valence-corrected chi connectivity index (χ0v) is 17.7. The highest BCUT2D eigenvalue weighted by atomic mass is 19.1. The predicted octanol–water partition coefficient (Wildman–Crippen LogP) is 3.67. The molecule has 1 aliphatic heterocycles. The van der Waals surface area contributed by atoms with Crippen molar-refractivity contribution in [2.45, 2.75) is 45.6 Å². The van der Waals surface area contributed by atoms with Gasteiger partial charge in [-0.25, -0.2) is 9.18 Å². The quantitative estimate of drug-likeness (QED) is 0.701. The van der Waals surface area contributed by atoms with E-state index in [9.17, 15) is 9.18 Å². The lowest BCUT2D eigenvalue weighted by atomic mass is 10.1. The van der Waals surface area contributed by atoms with Gasteiger partial charge < -0.3 is 24.2 Å². The molecule has 1 aliphatic rings. The Balaban J connectivity index is 1.44. The maximum absolute atomic E-state index is 13.8. The van der Waals surface area contributed by atoms with Crippen LogP contribution in [0.3, 0.4) is 0 Å². The molecule has 30 heavy (non-hydrogen) atoms. The van der Waals surface area contributed by atoms with Crippen LogP contribution in [0.1, 0.15) is 38.4 Å². The van der Waals surface area contributed by atoms with E-state index < -0.39 is 5.82 Å². The molecule has 0 saturated carbocycles. The third-order valence-corrected chi connectivity index (χ3v) is 4.84. The van der Waals surface area contributed by atoms with E-state index in [0.717, 1.165) is 19.3 Å². The Bertz CT molecular complexity index is 842. The average Bonchev–Trinajstić information content (AvgIpc) is 3.15. The summed E-state index contributed by atoms with van der Waals surface area (Å²) in [5.74, 6) is 1.36. The largest absolute Gasteiger partial charge is 0.494 e. The van der Waals surface area contributed by atoms with Gasteiger partial charge in [0.05, 0.1) is 19.8 Å². The Morgan fingerprint density at radius 1 is 1.43 bits per heavy atom. The highest BCUT2D eigenvalue weighted by Crippen LogP contribution is 2.21. The van der Waals surface area contributed by atoms with Crippen molar-refractivity contribution in [2.24, 2.45) is 5.92 Å². The molecule has 2 amide bonds. The highest BCUT2D eigenvalue weighted by molar-refractivity contribution is 5.89. The van der Waals surface area contributed by atoms with Gasteiger partial charge in [0.25, 0.3) is 0 Å². The van der Waals surface area contributed by atoms with E-state index in [2.05, 4.69) is 29.3 Å². The molecule has 8 nitrogen and oxygen atoms in total. The number of amides is 2. The molecule has 1 aromatic carbocycles. The average molecular weight is 420 g/mol. The molecule has 1 aromatic heterocycles. The number of halogens is 1. The van der Waals surface area contributed by atoms with Crippen LogP contribution < -0.4 is 10.1 Å². The fourth-order valence-corrected chi connectivity index (χ4v) is 3.35. The third-order valence-electron chi connectivity index (χ3n) is 4.84. The van der Waals surface area contributed by atoms with Crippen LogP contribution in [0, 0.1) is 11.7 Å². The Morgan fingerprint density at radius 3 is 3.00 bits per heavy atom. The summed E-state index contributed by atoms with van der Waals surface area (Å²) in [6.07, 6.45) is 2.99. The number of anilines is 1. The van der Waals surface area contributed by atoms with E-state index in [-0.39, 0.29) is 17.9 Å². The first-order chi connectivity index (χ1) is 14.4. The van der Waals surface area contributed by atoms with E-state index in [4.69, 9.17) is 14.0 Å². The summed E-state index contributed by atoms with van der Waals surface area (Å²) in [6, 6.07) is 4.06. The van der Waals surface area contributed by atoms with Crippen molar-refractivity contribution in [3.63, 3.8) is 0 Å². The van der Waals surface area contributed by atoms with Crippen LogP contribution in [0.25, 0.3) is 0 Å². The molecule has 9 heteroatoms. The van der Waals surface area contributed by atoms with Gasteiger partial charge in [0.2, 0.25) is 5.89 Å². The fourth-order valence-electron chi connectivity index (χ4n) is 3.35. The predicted molar refractivity (Wildman–Crippen MR) is 109 cm³/mol. The van der Waals surface area contributed by atoms with Crippen LogP contribution in [0.4, 0.5) is 14.9 Å². The Labute approximate surface area is 175 Å². The van der Waals surface area contributed by atoms with Gasteiger partial charge in [-0.05, 0) is 30.9 Å². The number of rotatable bonds is 8. The molecule has 1 atom stereocenters. The lowest BCUT2D eigenvalue weighted by molar-refractivity contribution is 0.0120. The van der Waals surface area contributed by atoms with Crippen molar-refractivity contribution in [3.8, 4) is 5.75 Å².